The number of nitrogen functional groups attached to an aromatic ring is 2. The number of hydrogen-bond donors (Lipinski definition) is 2. The highest BCUT2D eigenvalue weighted by Gasteiger charge is 2.21. The number of imidazole rings is 1. The SMILES string of the molecule is CCn1c(-c2ccnc(N)n2)nc2c(-c3cccc(F)c3C)nc(N)nc21. The first-order valence-corrected chi connectivity index (χ1v) is 8.37. The number of benzene rings is 1. The lowest BCUT2D eigenvalue weighted by Gasteiger charge is -2.08. The van der Waals surface area contributed by atoms with E-state index >= 15 is 0 Å². The van der Waals surface area contributed by atoms with E-state index in [-0.39, 0.29) is 17.7 Å². The molecule has 0 aliphatic heterocycles. The van der Waals surface area contributed by atoms with E-state index in [1.807, 2.05) is 11.5 Å². The number of rotatable bonds is 3. The molecule has 3 heterocycles. The summed E-state index contributed by atoms with van der Waals surface area (Å²) in [5.74, 6) is 0.479. The standard InChI is InChI=1S/C18H17FN8/c1-3-27-15(12-7-8-22-17(20)23-12)24-14-13(25-18(21)26-16(14)27)10-5-4-6-11(19)9(10)2/h4-8H,3H2,1-2H3,(H2,20,22,23)(H2,21,25,26). The number of aromatic nitrogens is 6. The number of fused-ring (bicyclic) bond motifs is 1. The fraction of sp³-hybridized carbons (Fsp3) is 0.167. The van der Waals surface area contributed by atoms with Crippen LogP contribution in [-0.2, 0) is 6.54 Å². The van der Waals surface area contributed by atoms with Crippen LogP contribution in [0.3, 0.4) is 0 Å². The van der Waals surface area contributed by atoms with Crippen LogP contribution in [0.1, 0.15) is 12.5 Å². The summed E-state index contributed by atoms with van der Waals surface area (Å²) in [6, 6.07) is 6.53. The van der Waals surface area contributed by atoms with Gasteiger partial charge in [-0.2, -0.15) is 4.98 Å². The zero-order chi connectivity index (χ0) is 19.1. The van der Waals surface area contributed by atoms with Crippen molar-refractivity contribution in [2.75, 3.05) is 11.5 Å². The zero-order valence-corrected chi connectivity index (χ0v) is 14.8. The largest absolute Gasteiger partial charge is 0.368 e. The first-order chi connectivity index (χ1) is 13.0. The normalized spacial score (nSPS) is 11.2. The molecule has 8 nitrogen and oxygen atoms in total. The maximum Gasteiger partial charge on any atom is 0.222 e. The lowest BCUT2D eigenvalue weighted by Crippen LogP contribution is -2.04. The van der Waals surface area contributed by atoms with Crippen LogP contribution in [-0.4, -0.2) is 29.5 Å². The van der Waals surface area contributed by atoms with Crippen LogP contribution >= 0.6 is 0 Å². The predicted molar refractivity (Wildman–Crippen MR) is 101 cm³/mol. The molecule has 0 saturated heterocycles. The maximum absolute atomic E-state index is 14.1. The molecule has 0 bridgehead atoms. The number of nitrogens with zero attached hydrogens (tertiary/aromatic N) is 6. The molecule has 0 aliphatic rings. The van der Waals surface area contributed by atoms with Gasteiger partial charge in [-0.25, -0.2) is 24.3 Å². The van der Waals surface area contributed by atoms with Crippen molar-refractivity contribution in [2.24, 2.45) is 0 Å². The van der Waals surface area contributed by atoms with Crippen LogP contribution in [0.4, 0.5) is 16.3 Å². The Labute approximate surface area is 154 Å². The van der Waals surface area contributed by atoms with Crippen LogP contribution in [0.25, 0.3) is 33.9 Å². The van der Waals surface area contributed by atoms with Crippen molar-refractivity contribution in [2.45, 2.75) is 20.4 Å². The Morgan fingerprint density at radius 2 is 1.85 bits per heavy atom. The van der Waals surface area contributed by atoms with E-state index in [4.69, 9.17) is 16.5 Å². The minimum atomic E-state index is -0.323. The Hall–Kier alpha value is -3.62. The number of hydrogen-bond acceptors (Lipinski definition) is 7. The van der Waals surface area contributed by atoms with E-state index in [1.54, 1.807) is 31.3 Å². The van der Waals surface area contributed by atoms with E-state index in [1.165, 1.54) is 6.07 Å². The third-order valence-corrected chi connectivity index (χ3v) is 4.35. The van der Waals surface area contributed by atoms with E-state index in [0.29, 0.717) is 46.0 Å². The first-order valence-electron chi connectivity index (χ1n) is 8.37. The van der Waals surface area contributed by atoms with Crippen molar-refractivity contribution >= 4 is 23.1 Å². The van der Waals surface area contributed by atoms with Gasteiger partial charge in [-0.15, -0.1) is 0 Å². The van der Waals surface area contributed by atoms with Crippen molar-refractivity contribution in [3.05, 3.63) is 41.8 Å². The van der Waals surface area contributed by atoms with E-state index in [0.717, 1.165) is 0 Å². The molecule has 27 heavy (non-hydrogen) atoms. The number of halogens is 1. The highest BCUT2D eigenvalue weighted by molar-refractivity contribution is 5.91. The lowest BCUT2D eigenvalue weighted by molar-refractivity contribution is 0.619. The van der Waals surface area contributed by atoms with Crippen molar-refractivity contribution in [1.82, 2.24) is 29.5 Å². The quantitative estimate of drug-likeness (QED) is 0.573. The number of aryl methyl sites for hydroxylation is 1. The summed E-state index contributed by atoms with van der Waals surface area (Å²) in [6.45, 7) is 4.23. The topological polar surface area (TPSA) is 121 Å². The van der Waals surface area contributed by atoms with Gasteiger partial charge < -0.3 is 16.0 Å². The predicted octanol–water partition coefficient (Wildman–Crippen LogP) is 2.58. The molecule has 4 rings (SSSR count). The van der Waals surface area contributed by atoms with Crippen molar-refractivity contribution in [3.8, 4) is 22.8 Å². The molecular formula is C18H17FN8. The van der Waals surface area contributed by atoms with Crippen LogP contribution in [0.5, 0.6) is 0 Å². The van der Waals surface area contributed by atoms with E-state index < -0.39 is 0 Å². The zero-order valence-electron chi connectivity index (χ0n) is 14.8. The molecule has 136 valence electrons. The van der Waals surface area contributed by atoms with Crippen molar-refractivity contribution in [1.29, 1.82) is 0 Å². The van der Waals surface area contributed by atoms with Gasteiger partial charge in [-0.1, -0.05) is 12.1 Å². The van der Waals surface area contributed by atoms with Crippen LogP contribution in [0, 0.1) is 12.7 Å². The van der Waals surface area contributed by atoms with Crippen LogP contribution < -0.4 is 11.5 Å². The summed E-state index contributed by atoms with van der Waals surface area (Å²) < 4.78 is 16.0. The molecule has 0 aliphatic carbocycles. The van der Waals surface area contributed by atoms with Gasteiger partial charge >= 0.3 is 0 Å². The average Bonchev–Trinajstić information content (AvgIpc) is 3.02. The second-order valence-corrected chi connectivity index (χ2v) is 5.99. The summed E-state index contributed by atoms with van der Waals surface area (Å²) in [5.41, 5.74) is 14.8. The highest BCUT2D eigenvalue weighted by Crippen LogP contribution is 2.32. The number of nitrogens with two attached hydrogens (primary N) is 2. The summed E-state index contributed by atoms with van der Waals surface area (Å²) >= 11 is 0. The fourth-order valence-corrected chi connectivity index (χ4v) is 3.06. The van der Waals surface area contributed by atoms with Gasteiger partial charge in [0, 0.05) is 18.3 Å². The fourth-order valence-electron chi connectivity index (χ4n) is 3.06. The summed E-state index contributed by atoms with van der Waals surface area (Å²) in [7, 11) is 0. The Morgan fingerprint density at radius 1 is 1.04 bits per heavy atom. The lowest BCUT2D eigenvalue weighted by atomic mass is 10.0. The third kappa shape index (κ3) is 2.73. The van der Waals surface area contributed by atoms with Gasteiger partial charge in [0.15, 0.2) is 11.5 Å². The molecular weight excluding hydrogens is 347 g/mol. The van der Waals surface area contributed by atoms with Gasteiger partial charge in [0.1, 0.15) is 22.7 Å². The molecule has 0 amide bonds. The molecule has 0 spiro atoms. The molecule has 0 fully saturated rings. The Balaban J connectivity index is 2.06. The minimum Gasteiger partial charge on any atom is -0.368 e. The van der Waals surface area contributed by atoms with Gasteiger partial charge in [0.2, 0.25) is 11.9 Å². The second kappa shape index (κ2) is 6.27. The van der Waals surface area contributed by atoms with Gasteiger partial charge in [-0.3, -0.25) is 0 Å². The number of anilines is 2. The molecule has 4 aromatic rings. The smallest absolute Gasteiger partial charge is 0.222 e. The maximum atomic E-state index is 14.1. The molecule has 0 saturated carbocycles. The monoisotopic (exact) mass is 364 g/mol. The van der Waals surface area contributed by atoms with Crippen LogP contribution in [0.2, 0.25) is 0 Å². The molecule has 0 radical (unpaired) electrons. The second-order valence-electron chi connectivity index (χ2n) is 5.99. The molecule has 9 heteroatoms. The summed E-state index contributed by atoms with van der Waals surface area (Å²) in [6.07, 6.45) is 1.56. The Kier molecular flexibility index (Phi) is 3.91. The Bertz CT molecular complexity index is 1170. The van der Waals surface area contributed by atoms with Crippen LogP contribution in [0.15, 0.2) is 30.5 Å². The third-order valence-electron chi connectivity index (χ3n) is 4.35. The average molecular weight is 364 g/mol. The molecule has 4 N–H and O–H groups in total. The summed E-state index contributed by atoms with van der Waals surface area (Å²) in [5, 5.41) is 0. The van der Waals surface area contributed by atoms with Crippen molar-refractivity contribution in [3.63, 3.8) is 0 Å². The van der Waals surface area contributed by atoms with E-state index in [9.17, 15) is 4.39 Å². The molecule has 0 unspecified atom stereocenters. The van der Waals surface area contributed by atoms with E-state index in [2.05, 4.69) is 19.9 Å². The Morgan fingerprint density at radius 3 is 2.59 bits per heavy atom. The molecule has 0 atom stereocenters. The first kappa shape index (κ1) is 16.8. The minimum absolute atomic E-state index is 0.0875. The summed E-state index contributed by atoms with van der Waals surface area (Å²) in [4.78, 5) is 21.6. The molecule has 1 aromatic carbocycles. The highest BCUT2D eigenvalue weighted by atomic mass is 19.1. The van der Waals surface area contributed by atoms with Crippen molar-refractivity contribution < 1.29 is 4.39 Å². The van der Waals surface area contributed by atoms with Gasteiger partial charge in [0.25, 0.3) is 0 Å². The van der Waals surface area contributed by atoms with Gasteiger partial charge in [-0.05, 0) is 31.5 Å². The van der Waals surface area contributed by atoms with Gasteiger partial charge in [0.05, 0.1) is 0 Å². The molecule has 3 aromatic heterocycles.